The molecule has 1 heterocycles. The Hall–Kier alpha value is -1.62. The number of ether oxygens (including phenoxy) is 1. The summed E-state index contributed by atoms with van der Waals surface area (Å²) in [6.07, 6.45) is 0. The number of aromatic nitrogens is 1. The van der Waals surface area contributed by atoms with Gasteiger partial charge in [-0.15, -0.1) is 0 Å². The first-order valence-corrected chi connectivity index (χ1v) is 4.49. The van der Waals surface area contributed by atoms with Crippen LogP contribution in [-0.4, -0.2) is 30.5 Å². The highest BCUT2D eigenvalue weighted by Gasteiger charge is 2.09. The number of methoxy groups -OCH3 is 1. The van der Waals surface area contributed by atoms with Crippen molar-refractivity contribution < 1.29 is 14.3 Å². The lowest BCUT2D eigenvalue weighted by atomic mass is 10.3. The fraction of sp³-hybridized carbons (Fsp3) is 0.222. The van der Waals surface area contributed by atoms with Gasteiger partial charge in [-0.2, -0.15) is 0 Å². The second-order valence-electron chi connectivity index (χ2n) is 2.60. The molecule has 0 aliphatic rings. The number of carbonyl (C=O) groups excluding carboxylic acids is 2. The van der Waals surface area contributed by atoms with E-state index < -0.39 is 11.9 Å². The second kappa shape index (κ2) is 5.31. The molecule has 5 nitrogen and oxygen atoms in total. The SMILES string of the molecule is COC(=O)CNC(=O)c1cccc(Cl)n1. The molecule has 1 amide bonds. The Balaban J connectivity index is 2.58. The maximum absolute atomic E-state index is 11.4. The highest BCUT2D eigenvalue weighted by atomic mass is 35.5. The number of nitrogens with zero attached hydrogens (tertiary/aromatic N) is 1. The van der Waals surface area contributed by atoms with Crippen molar-refractivity contribution in [1.82, 2.24) is 10.3 Å². The van der Waals surface area contributed by atoms with Gasteiger partial charge in [0.25, 0.3) is 5.91 Å². The Bertz CT molecular complexity index is 381. The maximum Gasteiger partial charge on any atom is 0.325 e. The summed E-state index contributed by atoms with van der Waals surface area (Å²) in [6, 6.07) is 4.65. The number of hydrogen-bond acceptors (Lipinski definition) is 4. The third-order valence-electron chi connectivity index (χ3n) is 1.57. The molecular formula is C9H9ClN2O3. The number of pyridine rings is 1. The molecule has 0 fully saturated rings. The summed E-state index contributed by atoms with van der Waals surface area (Å²) >= 11 is 5.60. The number of hydrogen-bond donors (Lipinski definition) is 1. The van der Waals surface area contributed by atoms with Gasteiger partial charge in [0.15, 0.2) is 0 Å². The molecule has 0 unspecified atom stereocenters. The quantitative estimate of drug-likeness (QED) is 0.609. The minimum atomic E-state index is -0.523. The third kappa shape index (κ3) is 3.55. The lowest BCUT2D eigenvalue weighted by Crippen LogP contribution is -2.30. The average molecular weight is 229 g/mol. The maximum atomic E-state index is 11.4. The lowest BCUT2D eigenvalue weighted by molar-refractivity contribution is -0.139. The number of carbonyl (C=O) groups is 2. The average Bonchev–Trinajstić information content (AvgIpc) is 2.25. The van der Waals surface area contributed by atoms with Gasteiger partial charge >= 0.3 is 5.97 Å². The van der Waals surface area contributed by atoms with E-state index in [0.29, 0.717) is 0 Å². The van der Waals surface area contributed by atoms with Crippen LogP contribution in [-0.2, 0) is 9.53 Å². The third-order valence-corrected chi connectivity index (χ3v) is 1.78. The fourth-order valence-electron chi connectivity index (χ4n) is 0.850. The standard InChI is InChI=1S/C9H9ClN2O3/c1-15-8(13)5-11-9(14)6-3-2-4-7(10)12-6/h2-4H,5H2,1H3,(H,11,14). The Morgan fingerprint density at radius 3 is 2.87 bits per heavy atom. The van der Waals surface area contributed by atoms with Crippen LogP contribution in [0.25, 0.3) is 0 Å². The van der Waals surface area contributed by atoms with Crippen LogP contribution in [0.4, 0.5) is 0 Å². The minimum Gasteiger partial charge on any atom is -0.468 e. The van der Waals surface area contributed by atoms with Crippen LogP contribution in [0.15, 0.2) is 18.2 Å². The molecular weight excluding hydrogens is 220 g/mol. The fourth-order valence-corrected chi connectivity index (χ4v) is 1.01. The molecule has 0 aliphatic heterocycles. The molecule has 15 heavy (non-hydrogen) atoms. The summed E-state index contributed by atoms with van der Waals surface area (Å²) in [5.41, 5.74) is 0.159. The summed E-state index contributed by atoms with van der Waals surface area (Å²) in [4.78, 5) is 25.9. The zero-order valence-electron chi connectivity index (χ0n) is 7.99. The Morgan fingerprint density at radius 1 is 1.53 bits per heavy atom. The predicted octanol–water partition coefficient (Wildman–Crippen LogP) is 0.638. The molecule has 0 radical (unpaired) electrons. The van der Waals surface area contributed by atoms with Crippen molar-refractivity contribution in [3.63, 3.8) is 0 Å². The zero-order valence-corrected chi connectivity index (χ0v) is 8.75. The molecule has 0 spiro atoms. The van der Waals surface area contributed by atoms with Crippen molar-refractivity contribution in [1.29, 1.82) is 0 Å². The Kier molecular flexibility index (Phi) is 4.05. The molecule has 1 N–H and O–H groups in total. The highest BCUT2D eigenvalue weighted by Crippen LogP contribution is 2.04. The van der Waals surface area contributed by atoms with E-state index in [4.69, 9.17) is 11.6 Å². The number of rotatable bonds is 3. The molecule has 0 aromatic carbocycles. The van der Waals surface area contributed by atoms with Crippen molar-refractivity contribution in [2.45, 2.75) is 0 Å². The van der Waals surface area contributed by atoms with E-state index in [1.165, 1.54) is 13.2 Å². The van der Waals surface area contributed by atoms with E-state index in [9.17, 15) is 9.59 Å². The predicted molar refractivity (Wildman–Crippen MR) is 53.6 cm³/mol. The van der Waals surface area contributed by atoms with Gasteiger partial charge in [0, 0.05) is 0 Å². The van der Waals surface area contributed by atoms with Crippen molar-refractivity contribution in [2.24, 2.45) is 0 Å². The molecule has 0 aliphatic carbocycles. The monoisotopic (exact) mass is 228 g/mol. The lowest BCUT2D eigenvalue weighted by Gasteiger charge is -2.02. The van der Waals surface area contributed by atoms with Crippen LogP contribution in [0.2, 0.25) is 5.15 Å². The van der Waals surface area contributed by atoms with Gasteiger partial charge in [0.05, 0.1) is 7.11 Å². The second-order valence-corrected chi connectivity index (χ2v) is 2.99. The molecule has 0 bridgehead atoms. The highest BCUT2D eigenvalue weighted by molar-refractivity contribution is 6.29. The molecule has 0 saturated carbocycles. The molecule has 1 aromatic rings. The van der Waals surface area contributed by atoms with E-state index in [2.05, 4.69) is 15.0 Å². The van der Waals surface area contributed by atoms with E-state index in [0.717, 1.165) is 0 Å². The van der Waals surface area contributed by atoms with Crippen molar-refractivity contribution in [3.05, 3.63) is 29.0 Å². The first-order chi connectivity index (χ1) is 7.13. The molecule has 0 atom stereocenters. The summed E-state index contributed by atoms with van der Waals surface area (Å²) in [7, 11) is 1.24. The van der Waals surface area contributed by atoms with Gasteiger partial charge in [-0.1, -0.05) is 17.7 Å². The molecule has 1 rings (SSSR count). The Morgan fingerprint density at radius 2 is 2.27 bits per heavy atom. The normalized spacial score (nSPS) is 9.47. The van der Waals surface area contributed by atoms with Crippen LogP contribution in [0.1, 0.15) is 10.5 Å². The van der Waals surface area contributed by atoms with Crippen LogP contribution in [0.5, 0.6) is 0 Å². The number of nitrogens with one attached hydrogen (secondary N) is 1. The van der Waals surface area contributed by atoms with Gasteiger partial charge in [-0.05, 0) is 12.1 Å². The van der Waals surface area contributed by atoms with Gasteiger partial charge in [-0.3, -0.25) is 9.59 Å². The van der Waals surface area contributed by atoms with E-state index in [1.54, 1.807) is 12.1 Å². The molecule has 80 valence electrons. The van der Waals surface area contributed by atoms with Crippen LogP contribution < -0.4 is 5.32 Å². The first-order valence-electron chi connectivity index (χ1n) is 4.11. The van der Waals surface area contributed by atoms with Gasteiger partial charge in [-0.25, -0.2) is 4.98 Å². The van der Waals surface area contributed by atoms with Crippen molar-refractivity contribution >= 4 is 23.5 Å². The number of amides is 1. The number of esters is 1. The number of halogens is 1. The molecule has 0 saturated heterocycles. The largest absolute Gasteiger partial charge is 0.468 e. The van der Waals surface area contributed by atoms with Crippen molar-refractivity contribution in [2.75, 3.05) is 13.7 Å². The van der Waals surface area contributed by atoms with Gasteiger partial charge in [0.1, 0.15) is 17.4 Å². The Labute approximate surface area is 91.4 Å². The van der Waals surface area contributed by atoms with E-state index in [1.807, 2.05) is 0 Å². The smallest absolute Gasteiger partial charge is 0.325 e. The zero-order chi connectivity index (χ0) is 11.3. The van der Waals surface area contributed by atoms with Crippen LogP contribution in [0.3, 0.4) is 0 Å². The van der Waals surface area contributed by atoms with Crippen LogP contribution >= 0.6 is 11.6 Å². The van der Waals surface area contributed by atoms with E-state index >= 15 is 0 Å². The summed E-state index contributed by atoms with van der Waals surface area (Å²) in [5.74, 6) is -0.992. The van der Waals surface area contributed by atoms with Crippen LogP contribution in [0, 0.1) is 0 Å². The van der Waals surface area contributed by atoms with Crippen molar-refractivity contribution in [3.8, 4) is 0 Å². The minimum absolute atomic E-state index is 0.159. The topological polar surface area (TPSA) is 68.3 Å². The summed E-state index contributed by atoms with van der Waals surface area (Å²) in [5, 5.41) is 2.57. The van der Waals surface area contributed by atoms with E-state index in [-0.39, 0.29) is 17.4 Å². The molecule has 6 heteroatoms. The first kappa shape index (κ1) is 11.5. The summed E-state index contributed by atoms with van der Waals surface area (Å²) < 4.78 is 4.36. The summed E-state index contributed by atoms with van der Waals surface area (Å²) in [6.45, 7) is -0.191. The van der Waals surface area contributed by atoms with Gasteiger partial charge < -0.3 is 10.1 Å². The van der Waals surface area contributed by atoms with Gasteiger partial charge in [0.2, 0.25) is 0 Å². The molecule has 1 aromatic heterocycles.